The Balaban J connectivity index is 1.39. The van der Waals surface area contributed by atoms with Crippen molar-refractivity contribution < 1.29 is 9.47 Å². The summed E-state index contributed by atoms with van der Waals surface area (Å²) < 4.78 is 15.3. The molecule has 6 nitrogen and oxygen atoms in total. The van der Waals surface area contributed by atoms with Gasteiger partial charge in [-0.05, 0) is 48.5 Å². The number of para-hydroxylation sites is 3. The van der Waals surface area contributed by atoms with E-state index in [1.165, 1.54) is 0 Å². The number of nitrogens with zero attached hydrogens (tertiary/aromatic N) is 4. The van der Waals surface area contributed by atoms with Gasteiger partial charge in [0.05, 0.1) is 24.8 Å². The van der Waals surface area contributed by atoms with Gasteiger partial charge in [0.25, 0.3) is 0 Å². The Bertz CT molecular complexity index is 1280. The van der Waals surface area contributed by atoms with Crippen molar-refractivity contribution in [2.24, 2.45) is 0 Å². The van der Waals surface area contributed by atoms with Crippen LogP contribution < -0.4 is 9.47 Å². The van der Waals surface area contributed by atoms with Crippen molar-refractivity contribution in [1.82, 2.24) is 19.2 Å². The summed E-state index contributed by atoms with van der Waals surface area (Å²) in [5, 5.41) is 9.79. The molecule has 0 atom stereocenters. The van der Waals surface area contributed by atoms with Crippen molar-refractivity contribution >= 4 is 28.6 Å². The lowest BCUT2D eigenvalue weighted by Gasteiger charge is -2.06. The first kappa shape index (κ1) is 18.6. The van der Waals surface area contributed by atoms with Crippen LogP contribution in [0.4, 0.5) is 0 Å². The number of rotatable bonds is 7. The molecule has 0 fully saturated rings. The molecule has 0 saturated carbocycles. The fourth-order valence-electron chi connectivity index (χ4n) is 3.46. The van der Waals surface area contributed by atoms with Crippen LogP contribution in [0.25, 0.3) is 22.5 Å². The van der Waals surface area contributed by atoms with Crippen LogP contribution in [0, 0.1) is 0 Å². The molecule has 0 radical (unpaired) electrons. The van der Waals surface area contributed by atoms with Gasteiger partial charge < -0.3 is 9.47 Å². The quantitative estimate of drug-likeness (QED) is 0.280. The molecule has 2 heterocycles. The molecule has 5 rings (SSSR count). The maximum Gasteiger partial charge on any atom is 0.241 e. The second-order valence-electron chi connectivity index (χ2n) is 6.65. The van der Waals surface area contributed by atoms with Crippen LogP contribution in [0.5, 0.6) is 11.5 Å². The molecule has 5 aromatic rings. The first-order valence-electron chi connectivity index (χ1n) is 9.65. The van der Waals surface area contributed by atoms with Crippen molar-refractivity contribution in [1.29, 1.82) is 0 Å². The number of benzene rings is 3. The third-order valence-corrected chi connectivity index (χ3v) is 5.73. The Hall–Kier alpha value is -3.45. The van der Waals surface area contributed by atoms with Gasteiger partial charge in [-0.3, -0.25) is 8.97 Å². The second kappa shape index (κ2) is 8.12. The van der Waals surface area contributed by atoms with E-state index in [1.54, 1.807) is 18.9 Å². The highest BCUT2D eigenvalue weighted by Gasteiger charge is 2.17. The molecule has 150 valence electrons. The largest absolute Gasteiger partial charge is 0.497 e. The van der Waals surface area contributed by atoms with Crippen molar-refractivity contribution in [3.8, 4) is 17.2 Å². The van der Waals surface area contributed by atoms with Crippen LogP contribution in [0.15, 0.2) is 84.0 Å². The fraction of sp³-hybridized carbons (Fsp3) is 0.130. The molecule has 2 aromatic heterocycles. The summed E-state index contributed by atoms with van der Waals surface area (Å²) in [7, 11) is 1.65. The molecule has 3 aromatic carbocycles. The van der Waals surface area contributed by atoms with Crippen LogP contribution in [0.2, 0.25) is 0 Å². The highest BCUT2D eigenvalue weighted by molar-refractivity contribution is 7.99. The number of thioether (sulfide) groups is 1. The molecular weight excluding hydrogens is 396 g/mol. The van der Waals surface area contributed by atoms with E-state index in [4.69, 9.17) is 9.47 Å². The van der Waals surface area contributed by atoms with E-state index < -0.39 is 0 Å². The van der Waals surface area contributed by atoms with Crippen molar-refractivity contribution in [2.45, 2.75) is 5.16 Å². The third-order valence-electron chi connectivity index (χ3n) is 4.84. The molecule has 7 heteroatoms. The zero-order valence-corrected chi connectivity index (χ0v) is 17.2. The van der Waals surface area contributed by atoms with Crippen LogP contribution >= 0.6 is 11.8 Å². The maximum atomic E-state index is 5.84. The van der Waals surface area contributed by atoms with Crippen molar-refractivity contribution in [2.75, 3.05) is 19.5 Å². The molecule has 0 N–H and O–H groups in total. The number of imidazole rings is 1. The van der Waals surface area contributed by atoms with E-state index in [2.05, 4.69) is 43.4 Å². The Labute approximate surface area is 178 Å². The average molecular weight is 417 g/mol. The topological polar surface area (TPSA) is 53.6 Å². The molecule has 0 amide bonds. The van der Waals surface area contributed by atoms with Gasteiger partial charge >= 0.3 is 0 Å². The summed E-state index contributed by atoms with van der Waals surface area (Å²) in [6.07, 6.45) is 0. The Morgan fingerprint density at radius 2 is 1.50 bits per heavy atom. The third kappa shape index (κ3) is 3.37. The monoisotopic (exact) mass is 416 g/mol. The Kier molecular flexibility index (Phi) is 5.03. The fourth-order valence-corrected chi connectivity index (χ4v) is 4.21. The smallest absolute Gasteiger partial charge is 0.241 e. The number of fused-ring (bicyclic) bond motifs is 3. The normalized spacial score (nSPS) is 11.2. The zero-order valence-electron chi connectivity index (χ0n) is 16.4. The number of hydrogen-bond donors (Lipinski definition) is 0. The molecule has 0 aliphatic rings. The number of hydrogen-bond acceptors (Lipinski definition) is 5. The molecule has 0 aliphatic heterocycles. The van der Waals surface area contributed by atoms with Crippen LogP contribution in [0.3, 0.4) is 0 Å². The van der Waals surface area contributed by atoms with Gasteiger partial charge in [-0.15, -0.1) is 10.2 Å². The molecule has 0 aliphatic carbocycles. The minimum Gasteiger partial charge on any atom is -0.497 e. The number of methoxy groups -OCH3 is 1. The second-order valence-corrected chi connectivity index (χ2v) is 7.71. The molecule has 0 bridgehead atoms. The predicted molar refractivity (Wildman–Crippen MR) is 119 cm³/mol. The van der Waals surface area contributed by atoms with E-state index in [-0.39, 0.29) is 0 Å². The molecule has 0 unspecified atom stereocenters. The van der Waals surface area contributed by atoms with Crippen LogP contribution in [-0.2, 0) is 0 Å². The van der Waals surface area contributed by atoms with Gasteiger partial charge in [-0.25, -0.2) is 0 Å². The Morgan fingerprint density at radius 3 is 2.27 bits per heavy atom. The van der Waals surface area contributed by atoms with Gasteiger partial charge in [0.1, 0.15) is 11.5 Å². The van der Waals surface area contributed by atoms with Gasteiger partial charge in [-0.2, -0.15) is 0 Å². The van der Waals surface area contributed by atoms with Gasteiger partial charge in [-0.1, -0.05) is 42.1 Å². The minimum atomic E-state index is 0.573. The SMILES string of the molecule is COc1ccc(OCCSc2nnc3n(-c4ccccc4)c4ccccc4n23)cc1. The lowest BCUT2D eigenvalue weighted by Crippen LogP contribution is -2.01. The number of aromatic nitrogens is 4. The summed E-state index contributed by atoms with van der Waals surface area (Å²) in [5.74, 6) is 3.21. The summed E-state index contributed by atoms with van der Waals surface area (Å²) in [4.78, 5) is 0. The molecular formula is C23H20N4O2S. The van der Waals surface area contributed by atoms with E-state index in [9.17, 15) is 0 Å². The number of ether oxygens (including phenoxy) is 2. The van der Waals surface area contributed by atoms with Crippen LogP contribution in [0.1, 0.15) is 0 Å². The highest BCUT2D eigenvalue weighted by Crippen LogP contribution is 2.28. The van der Waals surface area contributed by atoms with Gasteiger partial charge in [0.15, 0.2) is 5.16 Å². The molecule has 0 spiro atoms. The van der Waals surface area contributed by atoms with Gasteiger partial charge in [0.2, 0.25) is 5.78 Å². The first-order valence-corrected chi connectivity index (χ1v) is 10.6. The maximum absolute atomic E-state index is 5.84. The lowest BCUT2D eigenvalue weighted by atomic mass is 10.3. The van der Waals surface area contributed by atoms with Gasteiger partial charge in [0, 0.05) is 11.4 Å². The highest BCUT2D eigenvalue weighted by atomic mass is 32.2. The summed E-state index contributed by atoms with van der Waals surface area (Å²) in [5.41, 5.74) is 3.25. The summed E-state index contributed by atoms with van der Waals surface area (Å²) in [6, 6.07) is 26.1. The lowest BCUT2D eigenvalue weighted by molar-refractivity contribution is 0.342. The summed E-state index contributed by atoms with van der Waals surface area (Å²) >= 11 is 1.63. The standard InChI is InChI=1S/C23H20N4O2S/c1-28-18-11-13-19(14-12-18)29-15-16-30-23-25-24-22-26(17-7-3-2-4-8-17)20-9-5-6-10-21(20)27(22)23/h2-14H,15-16H2,1H3. The van der Waals surface area contributed by atoms with Crippen LogP contribution in [-0.4, -0.2) is 38.6 Å². The average Bonchev–Trinajstić information content (AvgIpc) is 3.36. The predicted octanol–water partition coefficient (Wildman–Crippen LogP) is 4.85. The van der Waals surface area contributed by atoms with E-state index >= 15 is 0 Å². The molecule has 30 heavy (non-hydrogen) atoms. The van der Waals surface area contributed by atoms with E-state index in [0.717, 1.165) is 44.9 Å². The zero-order chi connectivity index (χ0) is 20.3. The first-order chi connectivity index (χ1) is 14.8. The van der Waals surface area contributed by atoms with E-state index in [0.29, 0.717) is 6.61 Å². The van der Waals surface area contributed by atoms with E-state index in [1.807, 2.05) is 54.6 Å². The van der Waals surface area contributed by atoms with Crippen molar-refractivity contribution in [3.05, 3.63) is 78.9 Å². The Morgan fingerprint density at radius 1 is 0.800 bits per heavy atom. The molecule has 0 saturated heterocycles. The van der Waals surface area contributed by atoms with Crippen molar-refractivity contribution in [3.63, 3.8) is 0 Å². The summed E-state index contributed by atoms with van der Waals surface area (Å²) in [6.45, 7) is 0.573. The minimum absolute atomic E-state index is 0.573.